The van der Waals surface area contributed by atoms with Gasteiger partial charge in [-0.15, -0.1) is 0 Å². The van der Waals surface area contributed by atoms with Crippen LogP contribution >= 0.6 is 0 Å². The molecule has 2 N–H and O–H groups in total. The minimum atomic E-state index is -4.04. The Hall–Kier alpha value is -1.58. The molecule has 0 aliphatic rings. The summed E-state index contributed by atoms with van der Waals surface area (Å²) in [5.74, 6) is -1.10. The van der Waals surface area contributed by atoms with Crippen LogP contribution in [0.4, 0.5) is 10.1 Å². The number of aliphatic hydroxyl groups is 1. The number of aryl methyl sites for hydroxylation is 1. The smallest absolute Gasteiger partial charge is 0.306 e. The van der Waals surface area contributed by atoms with Gasteiger partial charge in [0.2, 0.25) is 15.8 Å². The van der Waals surface area contributed by atoms with E-state index in [1.165, 1.54) is 13.8 Å². The number of nitro benzene ring substituents is 1. The Kier molecular flexibility index (Phi) is 4.56. The number of nitrogens with one attached hydrogen (secondary N) is 1. The molecule has 0 amide bonds. The van der Waals surface area contributed by atoms with Gasteiger partial charge in [0, 0.05) is 12.6 Å². The van der Waals surface area contributed by atoms with Gasteiger partial charge in [-0.2, -0.15) is 4.39 Å². The number of benzene rings is 1. The topological polar surface area (TPSA) is 110 Å². The first-order valence-corrected chi connectivity index (χ1v) is 6.75. The van der Waals surface area contributed by atoms with Gasteiger partial charge in [-0.05, 0) is 25.5 Å². The van der Waals surface area contributed by atoms with Crippen LogP contribution < -0.4 is 4.72 Å². The molecule has 0 aromatic heterocycles. The van der Waals surface area contributed by atoms with E-state index in [0.29, 0.717) is 6.07 Å². The molecule has 1 unspecified atom stereocenters. The number of nitrogens with zero attached hydrogens (tertiary/aromatic N) is 1. The zero-order chi connectivity index (χ0) is 14.8. The van der Waals surface area contributed by atoms with Crippen molar-refractivity contribution in [2.24, 2.45) is 0 Å². The van der Waals surface area contributed by atoms with Crippen LogP contribution in [0.25, 0.3) is 0 Å². The summed E-state index contributed by atoms with van der Waals surface area (Å²) in [5.41, 5.74) is -0.871. The van der Waals surface area contributed by atoms with E-state index in [9.17, 15) is 22.9 Å². The molecule has 0 saturated carbocycles. The van der Waals surface area contributed by atoms with Crippen LogP contribution in [0.5, 0.6) is 0 Å². The zero-order valence-electron chi connectivity index (χ0n) is 10.3. The molecule has 1 rings (SSSR count). The maximum Gasteiger partial charge on any atom is 0.306 e. The van der Waals surface area contributed by atoms with E-state index in [-0.39, 0.29) is 17.0 Å². The predicted octanol–water partition coefficient (Wildman–Crippen LogP) is 0.701. The van der Waals surface area contributed by atoms with E-state index >= 15 is 0 Å². The number of nitro groups is 1. The lowest BCUT2D eigenvalue weighted by atomic mass is 10.2. The van der Waals surface area contributed by atoms with Gasteiger partial charge >= 0.3 is 5.69 Å². The Labute approximate surface area is 109 Å². The van der Waals surface area contributed by atoms with Gasteiger partial charge in [-0.1, -0.05) is 0 Å². The average Bonchev–Trinajstić information content (AvgIpc) is 2.25. The first kappa shape index (κ1) is 15.5. The third kappa shape index (κ3) is 3.69. The molecule has 1 aromatic carbocycles. The van der Waals surface area contributed by atoms with Crippen molar-refractivity contribution < 1.29 is 22.8 Å². The highest BCUT2D eigenvalue weighted by molar-refractivity contribution is 7.89. The Morgan fingerprint density at radius 1 is 1.53 bits per heavy atom. The molecule has 106 valence electrons. The fourth-order valence-electron chi connectivity index (χ4n) is 1.38. The van der Waals surface area contributed by atoms with Gasteiger partial charge in [-0.3, -0.25) is 10.1 Å². The molecule has 7 nitrogen and oxygen atoms in total. The summed E-state index contributed by atoms with van der Waals surface area (Å²) in [6, 6.07) is 1.45. The molecule has 1 atom stereocenters. The number of hydrogen-bond acceptors (Lipinski definition) is 5. The zero-order valence-corrected chi connectivity index (χ0v) is 11.1. The van der Waals surface area contributed by atoms with E-state index in [1.54, 1.807) is 0 Å². The molecule has 0 radical (unpaired) electrons. The molecule has 0 spiro atoms. The van der Waals surface area contributed by atoms with Gasteiger partial charge in [-0.25, -0.2) is 13.1 Å². The Bertz CT molecular complexity index is 600. The summed E-state index contributed by atoms with van der Waals surface area (Å²) >= 11 is 0. The highest BCUT2D eigenvalue weighted by Crippen LogP contribution is 2.25. The van der Waals surface area contributed by atoms with Gasteiger partial charge < -0.3 is 5.11 Å². The number of sulfonamides is 1. The van der Waals surface area contributed by atoms with Crippen molar-refractivity contribution in [2.45, 2.75) is 24.8 Å². The van der Waals surface area contributed by atoms with E-state index in [2.05, 4.69) is 4.72 Å². The first-order chi connectivity index (χ1) is 8.65. The lowest BCUT2D eigenvalue weighted by Crippen LogP contribution is -2.31. The summed E-state index contributed by atoms with van der Waals surface area (Å²) in [5, 5.41) is 19.6. The fraction of sp³-hybridized carbons (Fsp3) is 0.400. The Balaban J connectivity index is 3.27. The summed E-state index contributed by atoms with van der Waals surface area (Å²) in [4.78, 5) is 9.20. The third-order valence-electron chi connectivity index (χ3n) is 2.30. The van der Waals surface area contributed by atoms with E-state index in [4.69, 9.17) is 5.11 Å². The normalized spacial score (nSPS) is 13.3. The van der Waals surface area contributed by atoms with Crippen molar-refractivity contribution in [3.05, 3.63) is 33.6 Å². The maximum absolute atomic E-state index is 13.3. The molecule has 0 heterocycles. The van der Waals surface area contributed by atoms with Crippen molar-refractivity contribution >= 4 is 15.7 Å². The molecular formula is C10H13FN2O5S. The van der Waals surface area contributed by atoms with Crippen molar-refractivity contribution in [1.82, 2.24) is 4.72 Å². The van der Waals surface area contributed by atoms with Gasteiger partial charge in [0.1, 0.15) is 0 Å². The second-order valence-electron chi connectivity index (χ2n) is 4.03. The number of rotatable bonds is 5. The van der Waals surface area contributed by atoms with Gasteiger partial charge in [0.25, 0.3) is 0 Å². The van der Waals surface area contributed by atoms with Crippen LogP contribution in [0.1, 0.15) is 12.5 Å². The molecule has 0 fully saturated rings. The molecule has 0 aliphatic carbocycles. The van der Waals surface area contributed by atoms with Crippen molar-refractivity contribution in [3.63, 3.8) is 0 Å². The van der Waals surface area contributed by atoms with Gasteiger partial charge in [0.15, 0.2) is 0 Å². The van der Waals surface area contributed by atoms with Crippen LogP contribution in [0, 0.1) is 22.9 Å². The first-order valence-electron chi connectivity index (χ1n) is 5.27. The van der Waals surface area contributed by atoms with E-state index in [0.717, 1.165) is 6.07 Å². The SMILES string of the molecule is Cc1cc(F)c([N+](=O)[O-])cc1S(=O)(=O)NCC(C)O. The summed E-state index contributed by atoms with van der Waals surface area (Å²) in [7, 11) is -4.04. The largest absolute Gasteiger partial charge is 0.392 e. The van der Waals surface area contributed by atoms with Crippen molar-refractivity contribution in [2.75, 3.05) is 6.54 Å². The van der Waals surface area contributed by atoms with E-state index < -0.39 is 32.6 Å². The summed E-state index contributed by atoms with van der Waals surface area (Å²) in [6.45, 7) is 2.46. The fourth-order valence-corrected chi connectivity index (χ4v) is 2.75. The molecule has 0 saturated heterocycles. The minimum absolute atomic E-state index is 0.0428. The lowest BCUT2D eigenvalue weighted by Gasteiger charge is -2.10. The van der Waals surface area contributed by atoms with Crippen LogP contribution in [0.3, 0.4) is 0 Å². The summed E-state index contributed by atoms with van der Waals surface area (Å²) in [6.07, 6.45) is -0.912. The van der Waals surface area contributed by atoms with Crippen molar-refractivity contribution in [3.8, 4) is 0 Å². The van der Waals surface area contributed by atoms with Crippen LogP contribution in [0.15, 0.2) is 17.0 Å². The predicted molar refractivity (Wildman–Crippen MR) is 64.7 cm³/mol. The molecule has 0 bridgehead atoms. The Morgan fingerprint density at radius 2 is 2.11 bits per heavy atom. The molecule has 0 aliphatic heterocycles. The van der Waals surface area contributed by atoms with Crippen LogP contribution in [-0.2, 0) is 10.0 Å². The van der Waals surface area contributed by atoms with Crippen molar-refractivity contribution in [1.29, 1.82) is 0 Å². The second-order valence-corrected chi connectivity index (χ2v) is 5.76. The third-order valence-corrected chi connectivity index (χ3v) is 3.86. The highest BCUT2D eigenvalue weighted by Gasteiger charge is 2.24. The number of halogens is 1. The average molecular weight is 292 g/mol. The molecule has 9 heteroatoms. The molecule has 1 aromatic rings. The molecular weight excluding hydrogens is 279 g/mol. The highest BCUT2D eigenvalue weighted by atomic mass is 32.2. The van der Waals surface area contributed by atoms with E-state index in [1.807, 2.05) is 0 Å². The standard InChI is InChI=1S/C10H13FN2O5S/c1-6-3-8(11)9(13(15)16)4-10(6)19(17,18)12-5-7(2)14/h3-4,7,12,14H,5H2,1-2H3. The van der Waals surface area contributed by atoms with Gasteiger partial charge in [0.05, 0.1) is 15.9 Å². The number of aliphatic hydroxyl groups excluding tert-OH is 1. The minimum Gasteiger partial charge on any atom is -0.392 e. The summed E-state index contributed by atoms with van der Waals surface area (Å²) < 4.78 is 39.1. The lowest BCUT2D eigenvalue weighted by molar-refractivity contribution is -0.387. The quantitative estimate of drug-likeness (QED) is 0.613. The van der Waals surface area contributed by atoms with Crippen LogP contribution in [0.2, 0.25) is 0 Å². The maximum atomic E-state index is 13.3. The Morgan fingerprint density at radius 3 is 2.58 bits per heavy atom. The number of hydrogen-bond donors (Lipinski definition) is 2. The monoisotopic (exact) mass is 292 g/mol. The second kappa shape index (κ2) is 5.59. The molecule has 19 heavy (non-hydrogen) atoms. The van der Waals surface area contributed by atoms with Crippen LogP contribution in [-0.4, -0.2) is 31.1 Å².